The number of aromatic nitrogens is 8. The zero-order chi connectivity index (χ0) is 95.8. The standard InChI is InChI=1S/C27H27ClFN3O3.C26H25ClFN3O3.C19H21ClIN3O.C17H17ClIN3O.C8H8BFO4.C2H5I.Li.H2O/c1-3-30-17-10-12-20-23(14-17)32(26(33)24-18(15-7-8-15)5-4-6-21(24)28)31-25(20)19-11-9-16(13-22(19)29)27(34)35-2;1-2-29-16-9-11-19-22(13-16)31(25(32)23-17(14-6-7-14)4-3-5-20(23)27)30-24(19)18-10-8-15(26(33)34)12-21(18)28;1-2-22-12-8-9-14-16(10-12)24(23-18(14)21)19(25)17-13(11-6-7-11)4-3-5-15(17)20;18-13-3-1-2-11(9-4-5-9)15(13)17(23)22-14-8-10(20)6-7-12(14)16(19)21-22;1-14-8(11)5-2-3-6(9(12)13)7(10)4-5;1-2-3;;/h4-6,9,11,13,15,17,30H,3,7-8,10,12,14H2,1-2H3;3-5,8,10,12,14,16,29H,2,6-7,9,11,13H2,1H3,(H,33,34);3-5,11-12,22H,2,6-10H2,1H3;1-3,9-10H,4-8,20H2;2-4,12-13H,1H3;2H2,1H3;;1H2/q;;;;;;+1;/p-1. The van der Waals surface area contributed by atoms with Gasteiger partial charge in [-0.05, 0) is 291 Å². The minimum Gasteiger partial charge on any atom is -0.870 e. The number of benzene rings is 7. The van der Waals surface area contributed by atoms with Crippen LogP contribution in [0.5, 0.6) is 0 Å². The fraction of sp³-hybridized carbons (Fsp3) is 0.384. The Labute approximate surface area is 860 Å². The van der Waals surface area contributed by atoms with Gasteiger partial charge in [-0.25, -0.2) is 27.6 Å². The molecule has 4 heterocycles. The average molecular weight is 2270 g/mol. The molecular formula is C99H104BCl4F3I3LiN12O13. The largest absolute Gasteiger partial charge is 1.00 e. The number of nitrogens with one attached hydrogen (secondary N) is 3. The average Bonchev–Trinajstić information content (AvgIpc) is 1.60. The van der Waals surface area contributed by atoms with Gasteiger partial charge in [0.25, 0.3) is 23.6 Å². The second-order valence-electron chi connectivity index (χ2n) is 34.3. The molecule has 11 aromatic rings. The maximum atomic E-state index is 15.2. The van der Waals surface area contributed by atoms with Crippen LogP contribution in [0.2, 0.25) is 20.1 Å². The molecule has 0 saturated heterocycles. The van der Waals surface area contributed by atoms with Crippen molar-refractivity contribution in [3.63, 3.8) is 0 Å². The van der Waals surface area contributed by atoms with Gasteiger partial charge in [0.15, 0.2) is 0 Å². The number of aromatic carboxylic acids is 1. The van der Waals surface area contributed by atoms with Gasteiger partial charge in [0.2, 0.25) is 0 Å². The Morgan fingerprint density at radius 2 is 0.735 bits per heavy atom. The van der Waals surface area contributed by atoms with Gasteiger partial charge in [-0.2, -0.15) is 39.1 Å². The molecule has 0 bridgehead atoms. The third kappa shape index (κ3) is 24.4. The summed E-state index contributed by atoms with van der Waals surface area (Å²) in [6.07, 6.45) is 18.2. The molecule has 25 nitrogen and oxygen atoms in total. The fourth-order valence-electron chi connectivity index (χ4n) is 18.1. The Hall–Kier alpha value is -8.01. The molecule has 7 aromatic carbocycles. The molecule has 0 radical (unpaired) electrons. The van der Waals surface area contributed by atoms with Crippen LogP contribution in [0.25, 0.3) is 22.5 Å². The van der Waals surface area contributed by atoms with E-state index in [9.17, 15) is 43.1 Å². The number of nitrogens with two attached hydrogens (primary N) is 1. The molecule has 4 fully saturated rings. The topological polar surface area (TPSA) is 362 Å². The van der Waals surface area contributed by atoms with Crippen molar-refractivity contribution in [3.8, 4) is 22.5 Å². The molecule has 0 spiro atoms. The van der Waals surface area contributed by atoms with E-state index in [2.05, 4.69) is 123 Å². The van der Waals surface area contributed by atoms with Crippen LogP contribution in [-0.2, 0) is 60.8 Å². The Balaban J connectivity index is 0.000000155. The second kappa shape index (κ2) is 48.0. The predicted octanol–water partition coefficient (Wildman–Crippen LogP) is 15.5. The van der Waals surface area contributed by atoms with E-state index in [1.807, 2.05) is 68.4 Å². The molecule has 0 aliphatic heterocycles. The number of methoxy groups -OCH3 is 2. The molecule has 8 aliphatic carbocycles. The van der Waals surface area contributed by atoms with E-state index >= 15 is 8.78 Å². The summed E-state index contributed by atoms with van der Waals surface area (Å²) in [5, 5.41) is 57.2. The Bertz CT molecular complexity index is 6310. The summed E-state index contributed by atoms with van der Waals surface area (Å²) in [7, 11) is 0.541. The molecule has 4 unspecified atom stereocenters. The van der Waals surface area contributed by atoms with Crippen LogP contribution >= 0.6 is 114 Å². The number of carboxylic acid groups (broad SMARTS) is 1. The van der Waals surface area contributed by atoms with Gasteiger partial charge in [-0.15, -0.1) is 0 Å². The molecule has 37 heteroatoms. The number of carbonyl (C=O) groups is 7. The SMILES string of the molecule is CCI.CCNC1CCc2c(-c3ccc(C(=O)O)cc3F)nn(C(=O)c3c(Cl)cccc3C3CC3)c2C1.CCNC1CCc2c(-c3ccc(C(=O)OC)cc3F)nn(C(=O)c3c(Cl)cccc3C3CC3)c2C1.CCNC1CCc2c(I)nn(C(=O)c3c(Cl)cccc3C3CC3)c2C1.COC(=O)c1ccc(B(O)O)c(F)c1.NC1CCc2c(I)nn(C(=O)c3c(Cl)cccc3C3CC3)c2C1.[Li+].[OH-]. The third-order valence-corrected chi connectivity index (χ3v) is 28.2. The molecule has 136 heavy (non-hydrogen) atoms. The van der Waals surface area contributed by atoms with Gasteiger partial charge >= 0.3 is 43.9 Å². The van der Waals surface area contributed by atoms with Gasteiger partial charge in [-0.3, -0.25) is 19.2 Å². The number of hydrogen-bond donors (Lipinski definition) is 7. The van der Waals surface area contributed by atoms with E-state index in [0.717, 1.165) is 204 Å². The number of esters is 2. The Morgan fingerprint density at radius 1 is 0.441 bits per heavy atom. The van der Waals surface area contributed by atoms with Crippen LogP contribution in [0.1, 0.15) is 268 Å². The molecule has 8 aliphatic rings. The summed E-state index contributed by atoms with van der Waals surface area (Å²) < 4.78 is 61.4. The number of carbonyl (C=O) groups excluding carboxylic acids is 6. The van der Waals surface area contributed by atoms with Crippen molar-refractivity contribution < 1.29 is 95.7 Å². The number of ether oxygens (including phenoxy) is 2. The van der Waals surface area contributed by atoms with E-state index in [0.29, 0.717) is 116 Å². The number of likely N-dealkylation sites (N-methyl/N-ethyl adjacent to an activating group) is 3. The molecule has 9 N–H and O–H groups in total. The van der Waals surface area contributed by atoms with Crippen LogP contribution in [0, 0.1) is 24.9 Å². The predicted molar refractivity (Wildman–Crippen MR) is 539 cm³/mol. The van der Waals surface area contributed by atoms with Crippen molar-refractivity contribution in [1.82, 2.24) is 55.1 Å². The van der Waals surface area contributed by atoms with Crippen molar-refractivity contribution in [2.24, 2.45) is 5.73 Å². The zero-order valence-corrected chi connectivity index (χ0v) is 85.7. The number of hydrogen-bond acceptors (Lipinski definition) is 20. The summed E-state index contributed by atoms with van der Waals surface area (Å²) in [6.45, 7) is 10.9. The number of nitrogens with zero attached hydrogens (tertiary/aromatic N) is 8. The van der Waals surface area contributed by atoms with Crippen LogP contribution in [-0.4, -0.2) is 171 Å². The van der Waals surface area contributed by atoms with Gasteiger partial charge < -0.3 is 51.8 Å². The molecule has 0 amide bonds. The minimum atomic E-state index is -1.89. The number of fused-ring (bicyclic) bond motifs is 4. The van der Waals surface area contributed by atoms with E-state index in [4.69, 9.17) is 66.9 Å². The van der Waals surface area contributed by atoms with E-state index in [1.165, 1.54) is 69.5 Å². The van der Waals surface area contributed by atoms with Crippen molar-refractivity contribution >= 4 is 168 Å². The first-order chi connectivity index (χ1) is 64.4. The van der Waals surface area contributed by atoms with Crippen LogP contribution in [0.15, 0.2) is 127 Å². The van der Waals surface area contributed by atoms with Crippen molar-refractivity contribution in [2.75, 3.05) is 38.3 Å². The normalized spacial score (nSPS) is 17.0. The van der Waals surface area contributed by atoms with Crippen molar-refractivity contribution in [1.29, 1.82) is 0 Å². The number of alkyl halides is 1. The van der Waals surface area contributed by atoms with Crippen molar-refractivity contribution in [3.05, 3.63) is 279 Å². The third-order valence-electron chi connectivity index (χ3n) is 25.2. The summed E-state index contributed by atoms with van der Waals surface area (Å²) in [6, 6.07) is 34.7. The maximum absolute atomic E-state index is 15.2. The first-order valence-electron chi connectivity index (χ1n) is 45.2. The molecule has 4 aromatic heterocycles. The van der Waals surface area contributed by atoms with Crippen LogP contribution in [0.3, 0.4) is 0 Å². The Morgan fingerprint density at radius 3 is 1.04 bits per heavy atom. The van der Waals surface area contributed by atoms with Crippen LogP contribution < -0.4 is 46.0 Å². The van der Waals surface area contributed by atoms with Crippen molar-refractivity contribution in [2.45, 2.75) is 204 Å². The quantitative estimate of drug-likeness (QED) is 0.0161. The van der Waals surface area contributed by atoms with E-state index < -0.39 is 42.5 Å². The van der Waals surface area contributed by atoms with Gasteiger partial charge in [0.05, 0.1) is 107 Å². The number of carboxylic acids is 1. The minimum absolute atomic E-state index is 0. The molecule has 712 valence electrons. The summed E-state index contributed by atoms with van der Waals surface area (Å²) >= 11 is 32.6. The van der Waals surface area contributed by atoms with E-state index in [-0.39, 0.29) is 99.4 Å². The fourth-order valence-corrected chi connectivity index (χ4v) is 20.7. The van der Waals surface area contributed by atoms with Crippen LogP contribution in [0.4, 0.5) is 13.2 Å². The molecule has 4 atom stereocenters. The molecular weight excluding hydrogens is 2160 g/mol. The summed E-state index contributed by atoms with van der Waals surface area (Å²) in [4.78, 5) is 88.3. The molecule has 19 rings (SSSR count). The summed E-state index contributed by atoms with van der Waals surface area (Å²) in [5.41, 5.74) is 20.9. The number of rotatable bonds is 20. The first-order valence-corrected chi connectivity index (χ1v) is 50.4. The van der Waals surface area contributed by atoms with Gasteiger partial charge in [-0.1, -0.05) is 151 Å². The summed E-state index contributed by atoms with van der Waals surface area (Å²) in [5.74, 6) is -3.83. The van der Waals surface area contributed by atoms with E-state index in [1.54, 1.807) is 27.6 Å². The maximum Gasteiger partial charge on any atom is 1.00 e. The second-order valence-corrected chi connectivity index (χ2v) is 39.5. The zero-order valence-electron chi connectivity index (χ0n) is 76.2. The number of halogens is 10. The molecule has 4 saturated carbocycles. The van der Waals surface area contributed by atoms with Gasteiger partial charge in [0, 0.05) is 88.7 Å². The smallest absolute Gasteiger partial charge is 0.870 e. The van der Waals surface area contributed by atoms with Gasteiger partial charge in [0.1, 0.15) is 24.9 Å². The first kappa shape index (κ1) is 107. The monoisotopic (exact) mass is 2260 g/mol. The Kier molecular flexibility index (Phi) is 37.7.